The van der Waals surface area contributed by atoms with Crippen molar-refractivity contribution in [2.45, 2.75) is 98.3 Å². The molecule has 0 spiro atoms. The minimum atomic E-state index is -4.79. The van der Waals surface area contributed by atoms with Gasteiger partial charge < -0.3 is 32.9 Å². The molecular weight excluding hydrogens is 624 g/mol. The Bertz CT molecular complexity index is 1180. The number of para-hydroxylation sites is 1. The molecule has 0 aliphatic rings. The Morgan fingerprint density at radius 2 is 1.36 bits per heavy atom. The lowest BCUT2D eigenvalue weighted by atomic mass is 10.1. The molecule has 0 heterocycles. The van der Waals surface area contributed by atoms with E-state index in [9.17, 15) is 28.5 Å². The van der Waals surface area contributed by atoms with E-state index in [1.165, 1.54) is 26.0 Å². The molecule has 15 nitrogen and oxygen atoms in total. The van der Waals surface area contributed by atoms with Gasteiger partial charge in [0.2, 0.25) is 6.29 Å². The summed E-state index contributed by atoms with van der Waals surface area (Å²) in [5.74, 6) is -4.27. The highest BCUT2D eigenvalue weighted by Gasteiger charge is 2.44. The van der Waals surface area contributed by atoms with Gasteiger partial charge in [-0.3, -0.25) is 28.5 Å². The number of hydrogen-bond donors (Lipinski definition) is 1. The molecule has 0 radical (unpaired) electrons. The van der Waals surface area contributed by atoms with E-state index < -0.39 is 93.7 Å². The van der Waals surface area contributed by atoms with Crippen LogP contribution in [0.15, 0.2) is 30.3 Å². The Hall–Kier alpha value is -3.59. The topological polar surface area (TPSA) is 188 Å². The molecule has 1 rings (SSSR count). The van der Waals surface area contributed by atoms with E-state index in [1.807, 2.05) is 0 Å². The lowest BCUT2D eigenvalue weighted by molar-refractivity contribution is -0.231. The molecule has 1 aromatic carbocycles. The first-order valence-electron chi connectivity index (χ1n) is 13.8. The summed E-state index contributed by atoms with van der Waals surface area (Å²) < 4.78 is 72.2. The fourth-order valence-corrected chi connectivity index (χ4v) is 5.08. The molecule has 0 saturated carbocycles. The van der Waals surface area contributed by atoms with Gasteiger partial charge in [0.15, 0.2) is 12.3 Å². The SMILES string of the molecule is CC(=O)OC[C@H](F)C(OC(OP(=O)(N[C@@H](C)C(=O)OC(C)C)Oc1ccccc1)[C@@H](COC(C)=O)OC(C)=O)[C@H](C)OC(C)=O. The van der Waals surface area contributed by atoms with E-state index in [0.29, 0.717) is 0 Å². The summed E-state index contributed by atoms with van der Waals surface area (Å²) >= 11 is 0. The maximum atomic E-state index is 15.5. The van der Waals surface area contributed by atoms with Crippen molar-refractivity contribution in [1.82, 2.24) is 5.09 Å². The summed E-state index contributed by atoms with van der Waals surface area (Å²) in [7, 11) is -4.79. The van der Waals surface area contributed by atoms with Crippen molar-refractivity contribution >= 4 is 37.6 Å². The number of carbonyl (C=O) groups excluding carboxylic acids is 5. The van der Waals surface area contributed by atoms with Gasteiger partial charge in [-0.15, -0.1) is 0 Å². The highest BCUT2D eigenvalue weighted by molar-refractivity contribution is 7.52. The number of ether oxygens (including phenoxy) is 6. The number of halogens is 1. The molecule has 0 fully saturated rings. The van der Waals surface area contributed by atoms with Crippen LogP contribution >= 0.6 is 7.75 Å². The zero-order valence-corrected chi connectivity index (χ0v) is 27.3. The average Bonchev–Trinajstić information content (AvgIpc) is 2.91. The van der Waals surface area contributed by atoms with Crippen molar-refractivity contribution in [2.24, 2.45) is 0 Å². The Labute approximate surface area is 260 Å². The predicted molar refractivity (Wildman–Crippen MR) is 153 cm³/mol. The van der Waals surface area contributed by atoms with Crippen molar-refractivity contribution in [2.75, 3.05) is 13.2 Å². The van der Waals surface area contributed by atoms with Gasteiger partial charge in [-0.25, -0.2) is 8.96 Å². The molecule has 0 amide bonds. The van der Waals surface area contributed by atoms with Crippen molar-refractivity contribution in [3.8, 4) is 5.75 Å². The van der Waals surface area contributed by atoms with E-state index in [-0.39, 0.29) is 5.75 Å². The van der Waals surface area contributed by atoms with Crippen LogP contribution in [0.2, 0.25) is 0 Å². The van der Waals surface area contributed by atoms with Crippen LogP contribution in [0, 0.1) is 0 Å². The number of benzene rings is 1. The molecule has 0 aliphatic heterocycles. The van der Waals surface area contributed by atoms with Gasteiger partial charge in [-0.2, -0.15) is 5.09 Å². The third-order valence-electron chi connectivity index (χ3n) is 5.25. The van der Waals surface area contributed by atoms with Crippen LogP contribution in [-0.4, -0.2) is 86.0 Å². The number of esters is 5. The molecule has 45 heavy (non-hydrogen) atoms. The number of nitrogens with one attached hydrogen (secondary N) is 1. The second-order valence-corrected chi connectivity index (χ2v) is 11.5. The molecule has 254 valence electrons. The van der Waals surface area contributed by atoms with Crippen molar-refractivity contribution in [3.05, 3.63) is 30.3 Å². The summed E-state index contributed by atoms with van der Waals surface area (Å²) in [6.07, 6.45) is -9.76. The largest absolute Gasteiger partial charge is 0.463 e. The van der Waals surface area contributed by atoms with Crippen LogP contribution in [0.25, 0.3) is 0 Å². The summed E-state index contributed by atoms with van der Waals surface area (Å²) in [5, 5.41) is 2.41. The Kier molecular flexibility index (Phi) is 16.7. The molecule has 17 heteroatoms. The van der Waals surface area contributed by atoms with E-state index >= 15 is 4.39 Å². The molecule has 0 aromatic heterocycles. The zero-order valence-electron chi connectivity index (χ0n) is 26.4. The van der Waals surface area contributed by atoms with Gasteiger partial charge in [-0.05, 0) is 39.8 Å². The Morgan fingerprint density at radius 3 is 1.87 bits per heavy atom. The molecule has 0 saturated heterocycles. The lowest BCUT2D eigenvalue weighted by Gasteiger charge is -2.35. The highest BCUT2D eigenvalue weighted by atomic mass is 31.2. The third kappa shape index (κ3) is 15.8. The van der Waals surface area contributed by atoms with Gasteiger partial charge in [0.05, 0.1) is 6.10 Å². The molecular formula is C28H41FNO14P. The van der Waals surface area contributed by atoms with Crippen LogP contribution in [0.3, 0.4) is 0 Å². The predicted octanol–water partition coefficient (Wildman–Crippen LogP) is 3.18. The fraction of sp³-hybridized carbons (Fsp3) is 0.607. The molecule has 1 N–H and O–H groups in total. The van der Waals surface area contributed by atoms with Crippen LogP contribution in [0.5, 0.6) is 5.75 Å². The Morgan fingerprint density at radius 1 is 0.800 bits per heavy atom. The monoisotopic (exact) mass is 665 g/mol. The number of alkyl halides is 1. The number of rotatable bonds is 19. The first kappa shape index (κ1) is 39.4. The van der Waals surface area contributed by atoms with Gasteiger partial charge in [-0.1, -0.05) is 18.2 Å². The first-order valence-corrected chi connectivity index (χ1v) is 15.4. The Balaban J connectivity index is 3.69. The quantitative estimate of drug-likeness (QED) is 0.0981. The van der Waals surface area contributed by atoms with E-state index in [4.69, 9.17) is 37.5 Å². The molecule has 1 aromatic rings. The van der Waals surface area contributed by atoms with Crippen molar-refractivity contribution < 1.29 is 70.4 Å². The minimum absolute atomic E-state index is 0.0106. The maximum absolute atomic E-state index is 15.5. The van der Waals surface area contributed by atoms with Gasteiger partial charge in [0.1, 0.15) is 37.2 Å². The zero-order chi connectivity index (χ0) is 34.3. The molecule has 0 bridgehead atoms. The number of carbonyl (C=O) groups is 5. The van der Waals surface area contributed by atoms with Crippen molar-refractivity contribution in [3.63, 3.8) is 0 Å². The normalized spacial score (nSPS) is 16.5. The second kappa shape index (κ2) is 19.0. The van der Waals surface area contributed by atoms with Crippen molar-refractivity contribution in [1.29, 1.82) is 0 Å². The maximum Gasteiger partial charge on any atom is 0.461 e. The summed E-state index contributed by atoms with van der Waals surface area (Å²) in [6.45, 7) is 8.26. The second-order valence-electron chi connectivity index (χ2n) is 9.90. The van der Waals surface area contributed by atoms with Crippen LogP contribution in [0.4, 0.5) is 4.39 Å². The summed E-state index contributed by atoms with van der Waals surface area (Å²) in [5.41, 5.74) is 0. The van der Waals surface area contributed by atoms with Crippen LogP contribution < -0.4 is 9.61 Å². The first-order chi connectivity index (χ1) is 20.9. The van der Waals surface area contributed by atoms with Crippen LogP contribution in [0.1, 0.15) is 55.4 Å². The lowest BCUT2D eigenvalue weighted by Crippen LogP contribution is -2.49. The minimum Gasteiger partial charge on any atom is -0.463 e. The standard InChI is InChI=1S/C28H41FNO14P/c1-16(2)39-27(35)17(3)30-45(36,43-23-12-10-9-11-13-23)44-28(25(41-22(8)34)15-38-20(6)32)42-26(18(4)40-21(7)33)24(29)14-37-19(5)31/h9-13,16-18,24-26,28H,14-15H2,1-8H3,(H,30,36)/t17-,18-,24-,25+,26?,28?,45?/m0/s1. The smallest absolute Gasteiger partial charge is 0.461 e. The van der Waals surface area contributed by atoms with E-state index in [1.54, 1.807) is 32.0 Å². The third-order valence-corrected chi connectivity index (χ3v) is 6.89. The van der Waals surface area contributed by atoms with E-state index in [0.717, 1.165) is 27.7 Å². The number of hydrogen-bond acceptors (Lipinski definition) is 14. The summed E-state index contributed by atoms with van der Waals surface area (Å²) in [4.78, 5) is 59.4. The highest BCUT2D eigenvalue weighted by Crippen LogP contribution is 2.47. The van der Waals surface area contributed by atoms with Gasteiger partial charge >= 0.3 is 37.6 Å². The average molecular weight is 666 g/mol. The van der Waals surface area contributed by atoms with Crippen LogP contribution in [-0.2, 0) is 61.5 Å². The van der Waals surface area contributed by atoms with Gasteiger partial charge in [0.25, 0.3) is 0 Å². The van der Waals surface area contributed by atoms with E-state index in [2.05, 4.69) is 5.09 Å². The fourth-order valence-electron chi connectivity index (χ4n) is 3.49. The molecule has 7 atom stereocenters. The van der Waals surface area contributed by atoms with Gasteiger partial charge in [0, 0.05) is 27.7 Å². The molecule has 0 aliphatic carbocycles. The molecule has 3 unspecified atom stereocenters. The summed E-state index contributed by atoms with van der Waals surface area (Å²) in [6, 6.07) is 6.24.